The minimum absolute atomic E-state index is 0.00869. The van der Waals surface area contributed by atoms with Crippen LogP contribution in [0.15, 0.2) is 28.9 Å². The summed E-state index contributed by atoms with van der Waals surface area (Å²) in [4.78, 5) is 12.8. The number of alkyl halides is 3. The van der Waals surface area contributed by atoms with Crippen molar-refractivity contribution in [1.82, 2.24) is 30.5 Å². The fourth-order valence-corrected chi connectivity index (χ4v) is 1.86. The lowest BCUT2D eigenvalue weighted by molar-refractivity contribution is -0.137. The SMILES string of the molecule is Nc1nonc1-c1nnn(CC(=O)Nc2cccc(C(F)(F)F)c2)n1. The summed E-state index contributed by atoms with van der Waals surface area (Å²) in [5, 5.41) is 20.3. The minimum atomic E-state index is -4.51. The molecule has 0 saturated heterocycles. The molecule has 2 heterocycles. The van der Waals surface area contributed by atoms with Gasteiger partial charge >= 0.3 is 6.18 Å². The van der Waals surface area contributed by atoms with E-state index >= 15 is 0 Å². The van der Waals surface area contributed by atoms with Crippen molar-refractivity contribution in [1.29, 1.82) is 0 Å². The number of aromatic nitrogens is 6. The van der Waals surface area contributed by atoms with Crippen molar-refractivity contribution in [3.05, 3.63) is 29.8 Å². The maximum Gasteiger partial charge on any atom is 0.416 e. The van der Waals surface area contributed by atoms with E-state index in [9.17, 15) is 18.0 Å². The summed E-state index contributed by atoms with van der Waals surface area (Å²) >= 11 is 0. The molecule has 3 rings (SSSR count). The van der Waals surface area contributed by atoms with E-state index in [2.05, 4.69) is 35.7 Å². The van der Waals surface area contributed by atoms with E-state index in [0.717, 1.165) is 16.9 Å². The molecule has 10 nitrogen and oxygen atoms in total. The number of halogens is 3. The third-order valence-electron chi connectivity index (χ3n) is 2.94. The van der Waals surface area contributed by atoms with Crippen molar-refractivity contribution in [3.8, 4) is 11.5 Å². The van der Waals surface area contributed by atoms with Gasteiger partial charge in [-0.05, 0) is 33.7 Å². The summed E-state index contributed by atoms with van der Waals surface area (Å²) in [5.41, 5.74) is 4.65. The molecular weight excluding hydrogens is 345 g/mol. The Morgan fingerprint density at radius 3 is 2.80 bits per heavy atom. The van der Waals surface area contributed by atoms with Crippen molar-refractivity contribution in [2.75, 3.05) is 11.1 Å². The van der Waals surface area contributed by atoms with E-state index in [1.807, 2.05) is 0 Å². The standard InChI is InChI=1S/C12H9F3N8O2/c13-12(14,15)6-2-1-3-7(4-6)17-8(24)5-23-19-11(18-22-23)9-10(16)21-25-20-9/h1-4H,5H2,(H2,16,21)(H,17,24). The molecule has 3 aromatic rings. The Balaban J connectivity index is 1.68. The molecule has 0 aliphatic rings. The molecule has 0 unspecified atom stereocenters. The van der Waals surface area contributed by atoms with Crippen LogP contribution in [0.5, 0.6) is 0 Å². The number of nitrogens with zero attached hydrogens (tertiary/aromatic N) is 6. The molecule has 0 atom stereocenters. The topological polar surface area (TPSA) is 138 Å². The highest BCUT2D eigenvalue weighted by atomic mass is 19.4. The van der Waals surface area contributed by atoms with Gasteiger partial charge in [0.1, 0.15) is 6.54 Å². The van der Waals surface area contributed by atoms with Crippen molar-refractivity contribution in [3.63, 3.8) is 0 Å². The number of nitrogens with one attached hydrogen (secondary N) is 1. The van der Waals surface area contributed by atoms with Gasteiger partial charge in [-0.2, -0.15) is 18.0 Å². The number of hydrogen-bond donors (Lipinski definition) is 2. The highest BCUT2D eigenvalue weighted by molar-refractivity contribution is 5.90. The molecule has 0 fully saturated rings. The summed E-state index contributed by atoms with van der Waals surface area (Å²) in [6.07, 6.45) is -4.51. The van der Waals surface area contributed by atoms with Crippen LogP contribution in [-0.2, 0) is 17.5 Å². The minimum Gasteiger partial charge on any atom is -0.379 e. The van der Waals surface area contributed by atoms with Crippen LogP contribution in [0.3, 0.4) is 0 Å². The third kappa shape index (κ3) is 3.70. The van der Waals surface area contributed by atoms with Gasteiger partial charge in [0.15, 0.2) is 11.5 Å². The van der Waals surface area contributed by atoms with E-state index in [1.54, 1.807) is 0 Å². The molecule has 1 amide bonds. The van der Waals surface area contributed by atoms with E-state index in [0.29, 0.717) is 0 Å². The van der Waals surface area contributed by atoms with Crippen LogP contribution in [0.2, 0.25) is 0 Å². The molecule has 0 saturated carbocycles. The number of hydrogen-bond acceptors (Lipinski definition) is 8. The Morgan fingerprint density at radius 2 is 2.12 bits per heavy atom. The van der Waals surface area contributed by atoms with Crippen LogP contribution in [0, 0.1) is 0 Å². The normalized spacial score (nSPS) is 11.5. The predicted molar refractivity (Wildman–Crippen MR) is 75.6 cm³/mol. The van der Waals surface area contributed by atoms with Gasteiger partial charge in [0.05, 0.1) is 5.56 Å². The molecule has 0 radical (unpaired) electrons. The average Bonchev–Trinajstić information content (AvgIpc) is 3.15. The highest BCUT2D eigenvalue weighted by Crippen LogP contribution is 2.30. The van der Waals surface area contributed by atoms with Crippen LogP contribution in [-0.4, -0.2) is 36.4 Å². The van der Waals surface area contributed by atoms with E-state index in [1.165, 1.54) is 12.1 Å². The zero-order valence-corrected chi connectivity index (χ0v) is 12.2. The molecule has 13 heteroatoms. The molecule has 1 aromatic carbocycles. The van der Waals surface area contributed by atoms with Crippen LogP contribution < -0.4 is 11.1 Å². The molecule has 0 spiro atoms. The van der Waals surface area contributed by atoms with Gasteiger partial charge in [-0.25, -0.2) is 4.63 Å². The van der Waals surface area contributed by atoms with Gasteiger partial charge in [0.2, 0.25) is 11.7 Å². The number of tetrazole rings is 1. The summed E-state index contributed by atoms with van der Waals surface area (Å²) in [7, 11) is 0. The second-order valence-electron chi connectivity index (χ2n) is 4.77. The average molecular weight is 354 g/mol. The first-order valence-electron chi connectivity index (χ1n) is 6.66. The maximum absolute atomic E-state index is 12.6. The smallest absolute Gasteiger partial charge is 0.379 e. The van der Waals surface area contributed by atoms with E-state index in [4.69, 9.17) is 5.73 Å². The zero-order chi connectivity index (χ0) is 18.0. The number of nitrogen functional groups attached to an aromatic ring is 1. The lowest BCUT2D eigenvalue weighted by Crippen LogP contribution is -2.20. The van der Waals surface area contributed by atoms with Gasteiger partial charge in [-0.1, -0.05) is 6.07 Å². The molecule has 3 N–H and O–H groups in total. The van der Waals surface area contributed by atoms with Crippen molar-refractivity contribution in [2.24, 2.45) is 0 Å². The number of nitrogens with two attached hydrogens (primary N) is 1. The van der Waals surface area contributed by atoms with Crippen molar-refractivity contribution < 1.29 is 22.6 Å². The lowest BCUT2D eigenvalue weighted by atomic mass is 10.2. The van der Waals surface area contributed by atoms with Gasteiger partial charge < -0.3 is 11.1 Å². The zero-order valence-electron chi connectivity index (χ0n) is 12.2. The van der Waals surface area contributed by atoms with Crippen molar-refractivity contribution >= 4 is 17.4 Å². The number of benzene rings is 1. The molecule has 0 aliphatic heterocycles. The molecule has 130 valence electrons. The molecule has 2 aromatic heterocycles. The maximum atomic E-state index is 12.6. The number of rotatable bonds is 4. The van der Waals surface area contributed by atoms with Gasteiger partial charge in [-0.15, -0.1) is 10.2 Å². The fourth-order valence-electron chi connectivity index (χ4n) is 1.86. The Morgan fingerprint density at radius 1 is 1.32 bits per heavy atom. The Hall–Kier alpha value is -3.51. The second-order valence-corrected chi connectivity index (χ2v) is 4.77. The fraction of sp³-hybridized carbons (Fsp3) is 0.167. The highest BCUT2D eigenvalue weighted by Gasteiger charge is 2.30. The van der Waals surface area contributed by atoms with Gasteiger partial charge in [0, 0.05) is 5.69 Å². The molecule has 0 aliphatic carbocycles. The lowest BCUT2D eigenvalue weighted by Gasteiger charge is -2.09. The summed E-state index contributed by atoms with van der Waals surface area (Å²) in [6, 6.07) is 4.23. The second kappa shape index (κ2) is 6.18. The first-order chi connectivity index (χ1) is 11.8. The van der Waals surface area contributed by atoms with Crippen LogP contribution >= 0.6 is 0 Å². The number of carbonyl (C=O) groups excluding carboxylic acids is 1. The Bertz CT molecular complexity index is 904. The summed E-state index contributed by atoms with van der Waals surface area (Å²) in [6.45, 7) is -0.381. The van der Waals surface area contributed by atoms with Crippen LogP contribution in [0.1, 0.15) is 5.56 Å². The third-order valence-corrected chi connectivity index (χ3v) is 2.94. The van der Waals surface area contributed by atoms with Gasteiger partial charge in [0.25, 0.3) is 0 Å². The molecular formula is C12H9F3N8O2. The monoisotopic (exact) mass is 354 g/mol. The number of amides is 1. The quantitative estimate of drug-likeness (QED) is 0.707. The molecule has 25 heavy (non-hydrogen) atoms. The largest absolute Gasteiger partial charge is 0.416 e. The van der Waals surface area contributed by atoms with E-state index < -0.39 is 17.6 Å². The van der Waals surface area contributed by atoms with Crippen molar-refractivity contribution in [2.45, 2.75) is 12.7 Å². The van der Waals surface area contributed by atoms with Gasteiger partial charge in [-0.3, -0.25) is 4.79 Å². The van der Waals surface area contributed by atoms with Crippen LogP contribution in [0.4, 0.5) is 24.7 Å². The summed E-state index contributed by atoms with van der Waals surface area (Å²) < 4.78 is 42.3. The first kappa shape index (κ1) is 16.4. The van der Waals surface area contributed by atoms with Crippen LogP contribution in [0.25, 0.3) is 11.5 Å². The number of carbonyl (C=O) groups is 1. The first-order valence-corrected chi connectivity index (χ1v) is 6.66. The van der Waals surface area contributed by atoms with E-state index in [-0.39, 0.29) is 29.6 Å². The Kier molecular flexibility index (Phi) is 4.04. The number of anilines is 2. The molecule has 0 bridgehead atoms. The predicted octanol–water partition coefficient (Wildman–Crippen LogP) is 0.963. The Labute approximate surface area is 136 Å². The summed E-state index contributed by atoms with van der Waals surface area (Å²) in [5.74, 6) is -0.701.